The number of hydrogen-bond donors (Lipinski definition) is 0. The SMILES string of the molecule is CCC(=O)CCC(C)(C)C. The van der Waals surface area contributed by atoms with Crippen LogP contribution in [0.25, 0.3) is 0 Å². The minimum absolute atomic E-state index is 0.310. The molecule has 0 spiro atoms. The zero-order chi connectivity index (χ0) is 8.20. The van der Waals surface area contributed by atoms with E-state index in [2.05, 4.69) is 20.8 Å². The van der Waals surface area contributed by atoms with Crippen LogP contribution in [0.15, 0.2) is 0 Å². The van der Waals surface area contributed by atoms with Crippen molar-refractivity contribution in [1.82, 2.24) is 0 Å². The lowest BCUT2D eigenvalue weighted by molar-refractivity contribution is -0.119. The molecule has 0 aliphatic rings. The Balaban J connectivity index is 3.46. The maximum absolute atomic E-state index is 10.9. The molecular formula is C9H18O. The largest absolute Gasteiger partial charge is 0.300 e. The Morgan fingerprint density at radius 1 is 1.30 bits per heavy atom. The van der Waals surface area contributed by atoms with E-state index in [4.69, 9.17) is 0 Å². The Labute approximate surface area is 63.8 Å². The monoisotopic (exact) mass is 142 g/mol. The minimum Gasteiger partial charge on any atom is -0.300 e. The van der Waals surface area contributed by atoms with E-state index in [9.17, 15) is 4.79 Å². The van der Waals surface area contributed by atoms with E-state index in [0.717, 1.165) is 12.8 Å². The van der Waals surface area contributed by atoms with E-state index in [0.29, 0.717) is 17.6 Å². The van der Waals surface area contributed by atoms with Gasteiger partial charge in [-0.2, -0.15) is 0 Å². The van der Waals surface area contributed by atoms with Crippen molar-refractivity contribution >= 4 is 5.78 Å². The van der Waals surface area contributed by atoms with Crippen LogP contribution < -0.4 is 0 Å². The first-order valence-electron chi connectivity index (χ1n) is 3.97. The molecule has 0 aliphatic carbocycles. The molecule has 1 nitrogen and oxygen atoms in total. The van der Waals surface area contributed by atoms with Crippen molar-refractivity contribution in [3.8, 4) is 0 Å². The quantitative estimate of drug-likeness (QED) is 0.592. The fraction of sp³-hybridized carbons (Fsp3) is 0.889. The molecule has 0 aromatic carbocycles. The lowest BCUT2D eigenvalue weighted by Gasteiger charge is -2.16. The van der Waals surface area contributed by atoms with E-state index in [1.165, 1.54) is 0 Å². The summed E-state index contributed by atoms with van der Waals surface area (Å²) in [6, 6.07) is 0. The zero-order valence-corrected chi connectivity index (χ0v) is 7.53. The number of ketones is 1. The molecule has 0 heterocycles. The van der Waals surface area contributed by atoms with Crippen LogP contribution in [0.4, 0.5) is 0 Å². The summed E-state index contributed by atoms with van der Waals surface area (Å²) in [5.41, 5.74) is 0.310. The third-order valence-corrected chi connectivity index (χ3v) is 1.55. The zero-order valence-electron chi connectivity index (χ0n) is 7.53. The number of carbonyl (C=O) groups excluding carboxylic acids is 1. The summed E-state index contributed by atoms with van der Waals surface area (Å²) in [5, 5.41) is 0. The van der Waals surface area contributed by atoms with Crippen LogP contribution >= 0.6 is 0 Å². The summed E-state index contributed by atoms with van der Waals surface area (Å²) < 4.78 is 0. The van der Waals surface area contributed by atoms with Gasteiger partial charge in [0.15, 0.2) is 0 Å². The van der Waals surface area contributed by atoms with Gasteiger partial charge in [-0.1, -0.05) is 27.7 Å². The molecule has 1 heteroatoms. The van der Waals surface area contributed by atoms with Crippen molar-refractivity contribution in [1.29, 1.82) is 0 Å². The van der Waals surface area contributed by atoms with Gasteiger partial charge >= 0.3 is 0 Å². The lowest BCUT2D eigenvalue weighted by Crippen LogP contribution is -2.07. The summed E-state index contributed by atoms with van der Waals surface area (Å²) in [7, 11) is 0. The van der Waals surface area contributed by atoms with E-state index in [-0.39, 0.29) is 0 Å². The average Bonchev–Trinajstić information content (AvgIpc) is 1.81. The summed E-state index contributed by atoms with van der Waals surface area (Å²) in [6.07, 6.45) is 2.45. The standard InChI is InChI=1S/C9H18O/c1-5-8(10)6-7-9(2,3)4/h5-7H2,1-4H3. The van der Waals surface area contributed by atoms with E-state index < -0.39 is 0 Å². The van der Waals surface area contributed by atoms with Crippen molar-refractivity contribution < 1.29 is 4.79 Å². The first-order valence-corrected chi connectivity index (χ1v) is 3.97. The van der Waals surface area contributed by atoms with Gasteiger partial charge in [0.1, 0.15) is 5.78 Å². The molecular weight excluding hydrogens is 124 g/mol. The van der Waals surface area contributed by atoms with Gasteiger partial charge < -0.3 is 0 Å². The Kier molecular flexibility index (Phi) is 3.62. The normalized spacial score (nSPS) is 11.6. The number of hydrogen-bond acceptors (Lipinski definition) is 1. The van der Waals surface area contributed by atoms with Gasteiger partial charge in [-0.3, -0.25) is 4.79 Å². The molecule has 0 aromatic heterocycles. The maximum Gasteiger partial charge on any atom is 0.132 e. The van der Waals surface area contributed by atoms with Crippen LogP contribution in [-0.2, 0) is 4.79 Å². The first-order chi connectivity index (χ1) is 4.45. The molecule has 0 fully saturated rings. The molecule has 0 bridgehead atoms. The summed E-state index contributed by atoms with van der Waals surface area (Å²) in [6.45, 7) is 8.41. The van der Waals surface area contributed by atoms with Gasteiger partial charge in [-0.15, -0.1) is 0 Å². The average molecular weight is 142 g/mol. The molecule has 0 saturated heterocycles. The first kappa shape index (κ1) is 9.67. The molecule has 0 radical (unpaired) electrons. The molecule has 0 aromatic rings. The third-order valence-electron chi connectivity index (χ3n) is 1.55. The molecule has 60 valence electrons. The van der Waals surface area contributed by atoms with Gasteiger partial charge in [-0.25, -0.2) is 0 Å². The van der Waals surface area contributed by atoms with Gasteiger partial charge in [0, 0.05) is 12.8 Å². The number of carbonyl (C=O) groups is 1. The third kappa shape index (κ3) is 5.80. The molecule has 0 amide bonds. The fourth-order valence-electron chi connectivity index (χ4n) is 0.691. The molecule has 0 saturated carbocycles. The van der Waals surface area contributed by atoms with Gasteiger partial charge in [-0.05, 0) is 11.8 Å². The van der Waals surface area contributed by atoms with Crippen molar-refractivity contribution in [2.24, 2.45) is 5.41 Å². The van der Waals surface area contributed by atoms with Gasteiger partial charge in [0.25, 0.3) is 0 Å². The Morgan fingerprint density at radius 2 is 1.80 bits per heavy atom. The molecule has 0 rings (SSSR count). The van der Waals surface area contributed by atoms with Crippen LogP contribution in [0.1, 0.15) is 47.0 Å². The summed E-state index contributed by atoms with van der Waals surface area (Å²) >= 11 is 0. The van der Waals surface area contributed by atoms with E-state index >= 15 is 0 Å². The second-order valence-corrected chi connectivity index (χ2v) is 3.95. The van der Waals surface area contributed by atoms with Gasteiger partial charge in [0.2, 0.25) is 0 Å². The van der Waals surface area contributed by atoms with Crippen molar-refractivity contribution in [2.45, 2.75) is 47.0 Å². The van der Waals surface area contributed by atoms with E-state index in [1.807, 2.05) is 6.92 Å². The van der Waals surface area contributed by atoms with Crippen molar-refractivity contribution in [2.75, 3.05) is 0 Å². The maximum atomic E-state index is 10.9. The van der Waals surface area contributed by atoms with Gasteiger partial charge in [0.05, 0.1) is 0 Å². The number of rotatable bonds is 3. The topological polar surface area (TPSA) is 17.1 Å². The second-order valence-electron chi connectivity index (χ2n) is 3.95. The van der Waals surface area contributed by atoms with Crippen LogP contribution in [-0.4, -0.2) is 5.78 Å². The molecule has 0 N–H and O–H groups in total. The van der Waals surface area contributed by atoms with Crippen LogP contribution in [0.3, 0.4) is 0 Å². The Hall–Kier alpha value is -0.330. The highest BCUT2D eigenvalue weighted by Crippen LogP contribution is 2.20. The summed E-state index contributed by atoms with van der Waals surface area (Å²) in [5.74, 6) is 0.384. The Bertz CT molecular complexity index is 108. The van der Waals surface area contributed by atoms with Crippen LogP contribution in [0.5, 0.6) is 0 Å². The van der Waals surface area contributed by atoms with E-state index in [1.54, 1.807) is 0 Å². The molecule has 0 atom stereocenters. The highest BCUT2D eigenvalue weighted by Gasteiger charge is 2.11. The van der Waals surface area contributed by atoms with Crippen LogP contribution in [0.2, 0.25) is 0 Å². The molecule has 0 unspecified atom stereocenters. The summed E-state index contributed by atoms with van der Waals surface area (Å²) in [4.78, 5) is 10.9. The second kappa shape index (κ2) is 3.75. The smallest absolute Gasteiger partial charge is 0.132 e. The highest BCUT2D eigenvalue weighted by molar-refractivity contribution is 5.77. The lowest BCUT2D eigenvalue weighted by atomic mass is 9.89. The number of Topliss-reactive ketones (excluding diaryl/α,β-unsaturated/α-hetero) is 1. The van der Waals surface area contributed by atoms with Crippen molar-refractivity contribution in [3.05, 3.63) is 0 Å². The highest BCUT2D eigenvalue weighted by atomic mass is 16.1. The minimum atomic E-state index is 0.310. The predicted molar refractivity (Wildman–Crippen MR) is 44.0 cm³/mol. The predicted octanol–water partition coefficient (Wildman–Crippen LogP) is 2.79. The molecule has 0 aliphatic heterocycles. The van der Waals surface area contributed by atoms with Crippen molar-refractivity contribution in [3.63, 3.8) is 0 Å². The molecule has 10 heavy (non-hydrogen) atoms. The van der Waals surface area contributed by atoms with Crippen LogP contribution in [0, 0.1) is 5.41 Å². The Morgan fingerprint density at radius 3 is 2.10 bits per heavy atom. The fourth-order valence-corrected chi connectivity index (χ4v) is 0.691.